The van der Waals surface area contributed by atoms with Gasteiger partial charge < -0.3 is 47.1 Å². The number of hydrogen-bond donors (Lipinski definition) is 7. The number of nitrogens with one attached hydrogen (secondary N) is 3. The van der Waals surface area contributed by atoms with Gasteiger partial charge in [-0.15, -0.1) is 0 Å². The molecule has 6 rings (SSSR count). The third-order valence-electron chi connectivity index (χ3n) is 7.55. The molecule has 15 heteroatoms. The standard InChI is InChI=1S/C22H26N10O5/c1-30-9-15(33)31(20(30)35)7-13-16-21(29-18(23)28-16)22(36,37)14(8-32(21)19(24)26-13)27-17(34)11-3-2-4-12-10(11)5-6-25-12/h2-6,13-14,16,25,36-37H,7-9H2,1H3,(H2,24,26)(H,27,34)(H3,23,28,29)/t13?,14?,16-,21-/m0/s1. The molecule has 4 aliphatic heterocycles. The molecule has 194 valence electrons. The Balaban J connectivity index is 1.33. The van der Waals surface area contributed by atoms with E-state index in [-0.39, 0.29) is 31.6 Å². The zero-order valence-corrected chi connectivity index (χ0v) is 19.8. The molecule has 2 saturated heterocycles. The predicted octanol–water partition coefficient (Wildman–Crippen LogP) is -3.16. The number of carbonyl (C=O) groups excluding carboxylic acids is 3. The number of aliphatic hydroxyl groups is 2. The molecule has 4 aliphatic rings. The lowest BCUT2D eigenvalue weighted by atomic mass is 9.84. The summed E-state index contributed by atoms with van der Waals surface area (Å²) >= 11 is 0. The van der Waals surface area contributed by atoms with Gasteiger partial charge in [0.2, 0.25) is 11.7 Å². The summed E-state index contributed by atoms with van der Waals surface area (Å²) in [7, 11) is 1.50. The molecule has 2 unspecified atom stereocenters. The molecule has 1 aromatic heterocycles. The maximum atomic E-state index is 13.3. The van der Waals surface area contributed by atoms with Crippen LogP contribution < -0.4 is 22.1 Å². The van der Waals surface area contributed by atoms with Gasteiger partial charge in [-0.3, -0.25) is 14.5 Å². The fourth-order valence-corrected chi connectivity index (χ4v) is 5.79. The van der Waals surface area contributed by atoms with Crippen molar-refractivity contribution < 1.29 is 24.6 Å². The van der Waals surface area contributed by atoms with Crippen molar-refractivity contribution >= 4 is 40.7 Å². The lowest BCUT2D eigenvalue weighted by Gasteiger charge is -2.49. The van der Waals surface area contributed by atoms with E-state index in [2.05, 4.69) is 25.6 Å². The minimum absolute atomic E-state index is 0.0805. The fourth-order valence-electron chi connectivity index (χ4n) is 5.79. The van der Waals surface area contributed by atoms with Crippen LogP contribution in [-0.4, -0.2) is 116 Å². The molecule has 4 amide bonds. The Hall–Kier alpha value is -4.37. The van der Waals surface area contributed by atoms with Crippen molar-refractivity contribution in [1.29, 1.82) is 0 Å². The van der Waals surface area contributed by atoms with Crippen LogP contribution in [0, 0.1) is 0 Å². The number of nitrogens with zero attached hydrogens (tertiary/aromatic N) is 5. The maximum Gasteiger partial charge on any atom is 0.327 e. The molecule has 0 aliphatic carbocycles. The van der Waals surface area contributed by atoms with Crippen LogP contribution in [0.25, 0.3) is 10.9 Å². The van der Waals surface area contributed by atoms with Crippen LogP contribution in [0.3, 0.4) is 0 Å². The number of aromatic nitrogens is 1. The average Bonchev–Trinajstić information content (AvgIpc) is 3.57. The summed E-state index contributed by atoms with van der Waals surface area (Å²) in [6.07, 6.45) is 1.71. The van der Waals surface area contributed by atoms with E-state index in [0.717, 1.165) is 10.4 Å². The quantitative estimate of drug-likeness (QED) is 0.163. The number of urea groups is 1. The topological polar surface area (TPSA) is 218 Å². The molecule has 9 N–H and O–H groups in total. The van der Waals surface area contributed by atoms with E-state index in [0.29, 0.717) is 10.9 Å². The Morgan fingerprint density at radius 2 is 2.03 bits per heavy atom. The Bertz CT molecular complexity index is 1400. The molecule has 0 saturated carbocycles. The lowest BCUT2D eigenvalue weighted by Crippen LogP contribution is -2.78. The van der Waals surface area contributed by atoms with Crippen molar-refractivity contribution in [2.45, 2.75) is 29.6 Å². The first kappa shape index (κ1) is 23.1. The summed E-state index contributed by atoms with van der Waals surface area (Å²) in [5, 5.41) is 29.4. The number of hydrogen-bond acceptors (Lipinski definition) is 11. The van der Waals surface area contributed by atoms with E-state index in [1.807, 2.05) is 6.07 Å². The smallest absolute Gasteiger partial charge is 0.327 e. The summed E-state index contributed by atoms with van der Waals surface area (Å²) < 4.78 is 0. The largest absolute Gasteiger partial charge is 0.370 e. The van der Waals surface area contributed by atoms with Crippen LogP contribution >= 0.6 is 0 Å². The number of rotatable bonds is 4. The number of amides is 4. The highest BCUT2D eigenvalue weighted by Crippen LogP contribution is 2.45. The van der Waals surface area contributed by atoms with Gasteiger partial charge in [0.1, 0.15) is 18.6 Å². The number of carbonyl (C=O) groups is 3. The van der Waals surface area contributed by atoms with Crippen LogP contribution in [-0.2, 0) is 4.79 Å². The molecule has 2 aromatic rings. The number of imide groups is 1. The number of guanidine groups is 2. The van der Waals surface area contributed by atoms with Gasteiger partial charge in [0.15, 0.2) is 17.6 Å². The molecule has 1 spiro atoms. The predicted molar refractivity (Wildman–Crippen MR) is 130 cm³/mol. The molecule has 4 atom stereocenters. The monoisotopic (exact) mass is 510 g/mol. The first-order chi connectivity index (χ1) is 17.5. The van der Waals surface area contributed by atoms with Gasteiger partial charge in [0.25, 0.3) is 5.91 Å². The first-order valence-corrected chi connectivity index (χ1v) is 11.6. The number of H-pyrrole nitrogens is 1. The van der Waals surface area contributed by atoms with E-state index >= 15 is 0 Å². The second-order valence-corrected chi connectivity index (χ2v) is 9.66. The second kappa shape index (κ2) is 7.57. The number of likely N-dealkylation sites (N-methyl/N-ethyl adjacent to an activating group) is 1. The first-order valence-electron chi connectivity index (χ1n) is 11.6. The number of nitrogens with two attached hydrogens (primary N) is 2. The summed E-state index contributed by atoms with van der Waals surface area (Å²) in [5.74, 6) is -3.76. The van der Waals surface area contributed by atoms with Crippen LogP contribution in [0.4, 0.5) is 4.79 Å². The van der Waals surface area contributed by atoms with Crippen molar-refractivity contribution in [3.8, 4) is 0 Å². The van der Waals surface area contributed by atoms with Crippen molar-refractivity contribution in [3.05, 3.63) is 36.0 Å². The van der Waals surface area contributed by atoms with Gasteiger partial charge in [-0.25, -0.2) is 14.8 Å². The van der Waals surface area contributed by atoms with E-state index in [1.165, 1.54) is 16.8 Å². The zero-order valence-electron chi connectivity index (χ0n) is 19.8. The van der Waals surface area contributed by atoms with Gasteiger partial charge in [0, 0.05) is 36.3 Å². The average molecular weight is 511 g/mol. The SMILES string of the molecule is CN1CC(=O)N(CC2N=C(N)N3CC(NC(=O)c4cccc5[nH]ccc45)C(O)(O)[C@@]34NC(N)=N[C@@H]24)C1=O. The molecule has 0 radical (unpaired) electrons. The molecule has 5 heterocycles. The van der Waals surface area contributed by atoms with Crippen LogP contribution in [0.15, 0.2) is 40.4 Å². The third-order valence-corrected chi connectivity index (χ3v) is 7.55. The van der Waals surface area contributed by atoms with Crippen LogP contribution in [0.2, 0.25) is 0 Å². The molecular weight excluding hydrogens is 484 g/mol. The molecule has 0 bridgehead atoms. The number of aliphatic imine (C=N–C) groups is 2. The summed E-state index contributed by atoms with van der Waals surface area (Å²) in [6.45, 7) is -0.396. The molecular formula is C22H26N10O5. The third kappa shape index (κ3) is 3.04. The Labute approximate surface area is 209 Å². The lowest BCUT2D eigenvalue weighted by molar-refractivity contribution is -0.230. The van der Waals surface area contributed by atoms with Gasteiger partial charge in [-0.05, 0) is 18.2 Å². The van der Waals surface area contributed by atoms with Gasteiger partial charge in [-0.1, -0.05) is 6.07 Å². The maximum absolute atomic E-state index is 13.3. The van der Waals surface area contributed by atoms with Crippen LogP contribution in [0.5, 0.6) is 0 Å². The molecule has 2 fully saturated rings. The highest BCUT2D eigenvalue weighted by molar-refractivity contribution is 6.06. The van der Waals surface area contributed by atoms with E-state index in [9.17, 15) is 24.6 Å². The van der Waals surface area contributed by atoms with Crippen molar-refractivity contribution in [2.75, 3.05) is 26.7 Å². The van der Waals surface area contributed by atoms with Gasteiger partial charge >= 0.3 is 6.03 Å². The van der Waals surface area contributed by atoms with Gasteiger partial charge in [0.05, 0.1) is 12.6 Å². The number of aromatic amines is 1. The second-order valence-electron chi connectivity index (χ2n) is 9.66. The highest BCUT2D eigenvalue weighted by atomic mass is 16.5. The fraction of sp³-hybridized carbons (Fsp3) is 0.409. The molecule has 1 aromatic carbocycles. The van der Waals surface area contributed by atoms with Crippen LogP contribution in [0.1, 0.15) is 10.4 Å². The number of benzene rings is 1. The Morgan fingerprint density at radius 3 is 2.76 bits per heavy atom. The van der Waals surface area contributed by atoms with E-state index in [4.69, 9.17) is 11.5 Å². The van der Waals surface area contributed by atoms with Gasteiger partial charge in [-0.2, -0.15) is 0 Å². The van der Waals surface area contributed by atoms with Crippen molar-refractivity contribution in [2.24, 2.45) is 21.5 Å². The highest BCUT2D eigenvalue weighted by Gasteiger charge is 2.73. The summed E-state index contributed by atoms with van der Waals surface area (Å²) in [5.41, 5.74) is 11.6. The van der Waals surface area contributed by atoms with Crippen molar-refractivity contribution in [3.63, 3.8) is 0 Å². The Kier molecular flexibility index (Phi) is 4.71. The minimum atomic E-state index is -2.64. The zero-order chi connectivity index (χ0) is 26.3. The molecule has 15 nitrogen and oxygen atoms in total. The Morgan fingerprint density at radius 1 is 1.24 bits per heavy atom. The minimum Gasteiger partial charge on any atom is -0.370 e. The van der Waals surface area contributed by atoms with E-state index in [1.54, 1.807) is 24.4 Å². The normalized spacial score (nSPS) is 30.2. The summed E-state index contributed by atoms with van der Waals surface area (Å²) in [6, 6.07) is 3.21. The van der Waals surface area contributed by atoms with Crippen molar-refractivity contribution in [1.82, 2.24) is 30.3 Å². The van der Waals surface area contributed by atoms with E-state index < -0.39 is 47.4 Å². The number of fused-ring (bicyclic) bond motifs is 1. The summed E-state index contributed by atoms with van der Waals surface area (Å²) in [4.78, 5) is 53.6. The molecule has 37 heavy (non-hydrogen) atoms.